The van der Waals surface area contributed by atoms with Crippen molar-refractivity contribution in [2.24, 2.45) is 0 Å². The summed E-state index contributed by atoms with van der Waals surface area (Å²) in [5.74, 6) is 1.18. The quantitative estimate of drug-likeness (QED) is 0.649. The highest BCUT2D eigenvalue weighted by molar-refractivity contribution is 6.05. The average Bonchev–Trinajstić information content (AvgIpc) is 2.69. The van der Waals surface area contributed by atoms with Crippen molar-refractivity contribution in [3.05, 3.63) is 54.1 Å². The first-order valence-electron chi connectivity index (χ1n) is 8.36. The van der Waals surface area contributed by atoms with Gasteiger partial charge in [0.05, 0.1) is 33.4 Å². The molecular formula is C21H21NO5. The zero-order valence-corrected chi connectivity index (χ0v) is 15.4. The van der Waals surface area contributed by atoms with Gasteiger partial charge in [0.25, 0.3) is 0 Å². The van der Waals surface area contributed by atoms with Crippen LogP contribution in [0.15, 0.2) is 48.5 Å². The van der Waals surface area contributed by atoms with Gasteiger partial charge in [-0.05, 0) is 29.1 Å². The molecule has 3 rings (SSSR count). The number of fused-ring (bicyclic) bond motifs is 1. The summed E-state index contributed by atoms with van der Waals surface area (Å²) in [6.07, 6.45) is 0.0827. The van der Waals surface area contributed by atoms with E-state index in [0.717, 1.165) is 10.8 Å². The lowest BCUT2D eigenvalue weighted by molar-refractivity contribution is -0.115. The first kappa shape index (κ1) is 18.4. The Morgan fingerprint density at radius 3 is 2.26 bits per heavy atom. The van der Waals surface area contributed by atoms with E-state index in [1.54, 1.807) is 24.3 Å². The second-order valence-electron chi connectivity index (χ2n) is 5.94. The number of methoxy groups -OCH3 is 3. The van der Waals surface area contributed by atoms with Crippen molar-refractivity contribution < 1.29 is 24.1 Å². The van der Waals surface area contributed by atoms with Crippen molar-refractivity contribution in [1.82, 2.24) is 0 Å². The Bertz CT molecular complexity index is 958. The molecule has 6 heteroatoms. The number of anilines is 1. The standard InChI is InChI=1S/C21H21NO5/c1-25-17-10-13(11-18(26-2)21(17)27-3)12-19(24)22-20-15-7-5-4-6-14(15)8-9-16(20)23/h4-11,23H,12H2,1-3H3,(H,22,24). The van der Waals surface area contributed by atoms with Gasteiger partial charge in [0.2, 0.25) is 11.7 Å². The minimum atomic E-state index is -0.268. The van der Waals surface area contributed by atoms with E-state index in [4.69, 9.17) is 14.2 Å². The molecule has 0 saturated carbocycles. The fourth-order valence-corrected chi connectivity index (χ4v) is 3.00. The molecule has 0 spiro atoms. The first-order valence-corrected chi connectivity index (χ1v) is 8.36. The number of carbonyl (C=O) groups is 1. The Morgan fingerprint density at radius 1 is 0.963 bits per heavy atom. The normalized spacial score (nSPS) is 10.5. The third kappa shape index (κ3) is 3.74. The number of hydrogen-bond acceptors (Lipinski definition) is 5. The molecule has 140 valence electrons. The van der Waals surface area contributed by atoms with E-state index >= 15 is 0 Å². The van der Waals surface area contributed by atoms with Gasteiger partial charge in [0, 0.05) is 5.39 Å². The van der Waals surface area contributed by atoms with Gasteiger partial charge in [-0.2, -0.15) is 0 Å². The van der Waals surface area contributed by atoms with Crippen LogP contribution in [0.3, 0.4) is 0 Å². The number of benzene rings is 3. The number of rotatable bonds is 6. The summed E-state index contributed by atoms with van der Waals surface area (Å²) in [4.78, 5) is 12.6. The molecule has 0 bridgehead atoms. The van der Waals surface area contributed by atoms with Crippen molar-refractivity contribution in [3.8, 4) is 23.0 Å². The zero-order chi connectivity index (χ0) is 19.4. The Balaban J connectivity index is 1.88. The van der Waals surface area contributed by atoms with Crippen molar-refractivity contribution >= 4 is 22.4 Å². The molecule has 0 fully saturated rings. The lowest BCUT2D eigenvalue weighted by atomic mass is 10.1. The summed E-state index contributed by atoms with van der Waals surface area (Å²) in [6.45, 7) is 0. The summed E-state index contributed by atoms with van der Waals surface area (Å²) in [7, 11) is 4.57. The summed E-state index contributed by atoms with van der Waals surface area (Å²) in [5.41, 5.74) is 1.09. The Morgan fingerprint density at radius 2 is 1.63 bits per heavy atom. The van der Waals surface area contributed by atoms with Gasteiger partial charge in [-0.3, -0.25) is 4.79 Å². The number of phenols is 1. The van der Waals surface area contributed by atoms with Crippen molar-refractivity contribution in [2.75, 3.05) is 26.6 Å². The van der Waals surface area contributed by atoms with E-state index in [2.05, 4.69) is 5.32 Å². The van der Waals surface area contributed by atoms with Gasteiger partial charge in [-0.15, -0.1) is 0 Å². The van der Waals surface area contributed by atoms with E-state index in [1.165, 1.54) is 21.3 Å². The monoisotopic (exact) mass is 367 g/mol. The van der Waals surface area contributed by atoms with Crippen LogP contribution in [0, 0.1) is 0 Å². The zero-order valence-electron chi connectivity index (χ0n) is 15.4. The number of hydrogen-bond donors (Lipinski definition) is 2. The summed E-state index contributed by atoms with van der Waals surface area (Å²) >= 11 is 0. The maximum atomic E-state index is 12.6. The molecule has 0 atom stereocenters. The highest BCUT2D eigenvalue weighted by Crippen LogP contribution is 2.38. The smallest absolute Gasteiger partial charge is 0.228 e. The average molecular weight is 367 g/mol. The van der Waals surface area contributed by atoms with Crippen LogP contribution in [0.4, 0.5) is 5.69 Å². The van der Waals surface area contributed by atoms with Crippen LogP contribution in [-0.2, 0) is 11.2 Å². The third-order valence-corrected chi connectivity index (χ3v) is 4.26. The summed E-state index contributed by atoms with van der Waals surface area (Å²) in [5, 5.41) is 14.7. The highest BCUT2D eigenvalue weighted by Gasteiger charge is 2.16. The topological polar surface area (TPSA) is 77.0 Å². The molecule has 0 saturated heterocycles. The minimum Gasteiger partial charge on any atom is -0.506 e. The maximum Gasteiger partial charge on any atom is 0.228 e. The predicted molar refractivity (Wildman–Crippen MR) is 104 cm³/mol. The first-order chi connectivity index (χ1) is 13.1. The van der Waals surface area contributed by atoms with Crippen molar-refractivity contribution in [3.63, 3.8) is 0 Å². The van der Waals surface area contributed by atoms with E-state index in [1.807, 2.05) is 24.3 Å². The van der Waals surface area contributed by atoms with Gasteiger partial charge in [0.15, 0.2) is 11.5 Å². The van der Waals surface area contributed by atoms with Gasteiger partial charge < -0.3 is 24.6 Å². The van der Waals surface area contributed by atoms with Crippen molar-refractivity contribution in [2.45, 2.75) is 6.42 Å². The second-order valence-corrected chi connectivity index (χ2v) is 5.94. The molecule has 0 radical (unpaired) electrons. The lowest BCUT2D eigenvalue weighted by Gasteiger charge is -2.15. The van der Waals surface area contributed by atoms with Crippen LogP contribution in [0.1, 0.15) is 5.56 Å². The molecule has 0 aromatic heterocycles. The SMILES string of the molecule is COc1cc(CC(=O)Nc2c(O)ccc3ccccc23)cc(OC)c1OC. The van der Waals surface area contributed by atoms with Crippen LogP contribution in [-0.4, -0.2) is 32.3 Å². The molecule has 2 N–H and O–H groups in total. The summed E-state index contributed by atoms with van der Waals surface area (Å²) in [6, 6.07) is 14.4. The van der Waals surface area contributed by atoms with Crippen LogP contribution in [0.5, 0.6) is 23.0 Å². The molecule has 1 amide bonds. The second kappa shape index (κ2) is 7.86. The number of carbonyl (C=O) groups excluding carboxylic acids is 1. The predicted octanol–water partition coefficient (Wildman–Crippen LogP) is 3.75. The van der Waals surface area contributed by atoms with E-state index in [-0.39, 0.29) is 18.1 Å². The number of ether oxygens (including phenoxy) is 3. The Labute approximate surface area is 157 Å². The largest absolute Gasteiger partial charge is 0.506 e. The molecule has 0 heterocycles. The highest BCUT2D eigenvalue weighted by atomic mass is 16.5. The van der Waals surface area contributed by atoms with Crippen molar-refractivity contribution in [1.29, 1.82) is 0 Å². The van der Waals surface area contributed by atoms with E-state index in [9.17, 15) is 9.90 Å². The molecule has 6 nitrogen and oxygen atoms in total. The third-order valence-electron chi connectivity index (χ3n) is 4.26. The number of nitrogens with one attached hydrogen (secondary N) is 1. The van der Waals surface area contributed by atoms with Gasteiger partial charge in [-0.25, -0.2) is 0 Å². The minimum absolute atomic E-state index is 0.0203. The fourth-order valence-electron chi connectivity index (χ4n) is 3.00. The Kier molecular flexibility index (Phi) is 5.35. The van der Waals surface area contributed by atoms with Gasteiger partial charge >= 0.3 is 0 Å². The molecule has 27 heavy (non-hydrogen) atoms. The van der Waals surface area contributed by atoms with Crippen LogP contribution >= 0.6 is 0 Å². The lowest BCUT2D eigenvalue weighted by Crippen LogP contribution is -2.15. The van der Waals surface area contributed by atoms with Crippen LogP contribution in [0.25, 0.3) is 10.8 Å². The molecule has 0 aliphatic carbocycles. The summed E-state index contributed by atoms with van der Waals surface area (Å²) < 4.78 is 15.9. The molecule has 0 aliphatic heterocycles. The number of phenolic OH excluding ortho intramolecular Hbond substituents is 1. The van der Waals surface area contributed by atoms with E-state index in [0.29, 0.717) is 28.5 Å². The molecular weight excluding hydrogens is 346 g/mol. The molecule has 3 aromatic rings. The van der Waals surface area contributed by atoms with Crippen LogP contribution in [0.2, 0.25) is 0 Å². The number of aromatic hydroxyl groups is 1. The molecule has 0 unspecified atom stereocenters. The van der Waals surface area contributed by atoms with Gasteiger partial charge in [0.1, 0.15) is 5.75 Å². The van der Waals surface area contributed by atoms with Crippen LogP contribution < -0.4 is 19.5 Å². The molecule has 3 aromatic carbocycles. The van der Waals surface area contributed by atoms with E-state index < -0.39 is 0 Å². The van der Waals surface area contributed by atoms with Gasteiger partial charge in [-0.1, -0.05) is 30.3 Å². The molecule has 0 aliphatic rings. The maximum absolute atomic E-state index is 12.6. The Hall–Kier alpha value is -3.41. The fraction of sp³-hybridized carbons (Fsp3) is 0.190. The number of amides is 1.